The highest BCUT2D eigenvalue weighted by Crippen LogP contribution is 2.29. The maximum atomic E-state index is 11.4. The molecule has 0 bridgehead atoms. The Labute approximate surface area is 179 Å². The summed E-state index contributed by atoms with van der Waals surface area (Å²) in [7, 11) is -3.27. The number of aromatic nitrogens is 3. The van der Waals surface area contributed by atoms with Crippen molar-refractivity contribution >= 4 is 33.0 Å². The average molecular weight is 438 g/mol. The Morgan fingerprint density at radius 2 is 1.93 bits per heavy atom. The highest BCUT2D eigenvalue weighted by molar-refractivity contribution is 7.97. The molecule has 30 heavy (non-hydrogen) atoms. The number of nitrogens with two attached hydrogens (primary N) is 1. The van der Waals surface area contributed by atoms with Crippen molar-refractivity contribution in [2.24, 2.45) is 5.14 Å². The van der Waals surface area contributed by atoms with Crippen LogP contribution in [0.25, 0.3) is 33.4 Å². The SMILES string of the molecule is CS(=O)(=O)NCc1cccc(-c2ccnc3ccc(-c4cncc(SN)c4)nc23)c1. The van der Waals surface area contributed by atoms with E-state index in [1.165, 1.54) is 0 Å². The summed E-state index contributed by atoms with van der Waals surface area (Å²) in [6.07, 6.45) is 6.35. The van der Waals surface area contributed by atoms with E-state index in [9.17, 15) is 8.42 Å². The summed E-state index contributed by atoms with van der Waals surface area (Å²) in [6.45, 7) is 0.226. The van der Waals surface area contributed by atoms with Crippen LogP contribution in [-0.4, -0.2) is 29.6 Å². The minimum absolute atomic E-state index is 0.226. The minimum atomic E-state index is -3.27. The molecule has 0 saturated heterocycles. The third-order valence-corrected chi connectivity index (χ3v) is 5.67. The zero-order valence-electron chi connectivity index (χ0n) is 16.1. The highest BCUT2D eigenvalue weighted by atomic mass is 32.2. The first-order valence-electron chi connectivity index (χ1n) is 9.05. The predicted octanol–water partition coefficient (Wildman–Crippen LogP) is 3.37. The van der Waals surface area contributed by atoms with E-state index in [-0.39, 0.29) is 6.54 Å². The Kier molecular flexibility index (Phi) is 5.78. The normalized spacial score (nSPS) is 11.7. The lowest BCUT2D eigenvalue weighted by atomic mass is 10.0. The third-order valence-electron chi connectivity index (χ3n) is 4.51. The van der Waals surface area contributed by atoms with Crippen LogP contribution in [0.3, 0.4) is 0 Å². The van der Waals surface area contributed by atoms with Crippen LogP contribution in [0.4, 0.5) is 0 Å². The number of rotatable bonds is 6. The molecule has 0 saturated carbocycles. The van der Waals surface area contributed by atoms with E-state index in [0.29, 0.717) is 0 Å². The van der Waals surface area contributed by atoms with Gasteiger partial charge in [-0.2, -0.15) is 0 Å². The first-order chi connectivity index (χ1) is 14.4. The van der Waals surface area contributed by atoms with Crippen LogP contribution in [0, 0.1) is 0 Å². The topological polar surface area (TPSA) is 111 Å². The van der Waals surface area contributed by atoms with Crippen LogP contribution in [0.1, 0.15) is 5.56 Å². The molecule has 3 aromatic heterocycles. The van der Waals surface area contributed by atoms with Gasteiger partial charge in [0.1, 0.15) is 0 Å². The summed E-state index contributed by atoms with van der Waals surface area (Å²) in [5, 5.41) is 5.66. The van der Waals surface area contributed by atoms with E-state index in [1.54, 1.807) is 18.6 Å². The van der Waals surface area contributed by atoms with Crippen LogP contribution < -0.4 is 9.86 Å². The maximum Gasteiger partial charge on any atom is 0.209 e. The predicted molar refractivity (Wildman–Crippen MR) is 120 cm³/mol. The number of sulfonamides is 1. The molecular formula is C21H19N5O2S2. The average Bonchev–Trinajstić information content (AvgIpc) is 2.76. The Morgan fingerprint density at radius 1 is 1.07 bits per heavy atom. The number of hydrogen-bond acceptors (Lipinski definition) is 7. The molecule has 0 unspecified atom stereocenters. The van der Waals surface area contributed by atoms with Gasteiger partial charge >= 0.3 is 0 Å². The fourth-order valence-electron chi connectivity index (χ4n) is 3.11. The zero-order chi connectivity index (χ0) is 21.1. The molecule has 4 aromatic rings. The molecule has 152 valence electrons. The second-order valence-corrected chi connectivity index (χ2v) is 9.28. The van der Waals surface area contributed by atoms with E-state index >= 15 is 0 Å². The molecule has 0 aliphatic carbocycles. The summed E-state index contributed by atoms with van der Waals surface area (Å²) < 4.78 is 25.3. The number of nitrogens with zero attached hydrogens (tertiary/aromatic N) is 3. The largest absolute Gasteiger partial charge is 0.274 e. The van der Waals surface area contributed by atoms with Gasteiger partial charge < -0.3 is 0 Å². The quantitative estimate of drug-likeness (QED) is 0.445. The Morgan fingerprint density at radius 3 is 2.73 bits per heavy atom. The lowest BCUT2D eigenvalue weighted by Gasteiger charge is -2.10. The van der Waals surface area contributed by atoms with Gasteiger partial charge in [-0.15, -0.1) is 0 Å². The maximum absolute atomic E-state index is 11.4. The Hall–Kier alpha value is -2.85. The van der Waals surface area contributed by atoms with Crippen molar-refractivity contribution in [1.29, 1.82) is 0 Å². The van der Waals surface area contributed by atoms with Gasteiger partial charge in [0.25, 0.3) is 0 Å². The minimum Gasteiger partial charge on any atom is -0.274 e. The second-order valence-electron chi connectivity index (χ2n) is 6.74. The van der Waals surface area contributed by atoms with Crippen LogP contribution in [0.15, 0.2) is 72.0 Å². The van der Waals surface area contributed by atoms with Crippen molar-refractivity contribution in [3.05, 3.63) is 72.7 Å². The third kappa shape index (κ3) is 4.65. The van der Waals surface area contributed by atoms with Gasteiger partial charge in [-0.25, -0.2) is 18.1 Å². The van der Waals surface area contributed by atoms with Gasteiger partial charge in [-0.1, -0.05) is 18.2 Å². The van der Waals surface area contributed by atoms with Gasteiger partial charge in [0.05, 0.1) is 23.0 Å². The molecule has 0 aliphatic heterocycles. The first kappa shape index (κ1) is 20.4. The van der Waals surface area contributed by atoms with Gasteiger partial charge in [0.2, 0.25) is 10.0 Å². The Balaban J connectivity index is 1.78. The monoisotopic (exact) mass is 437 g/mol. The molecule has 3 N–H and O–H groups in total. The molecule has 4 rings (SSSR count). The van der Waals surface area contributed by atoms with Crippen LogP contribution in [0.2, 0.25) is 0 Å². The first-order valence-corrected chi connectivity index (χ1v) is 11.8. The standard InChI is InChI=1S/C21H19N5O2S2/c1-30(27,28)25-11-14-3-2-4-15(9-14)18-7-8-24-20-6-5-19(26-21(18)20)16-10-17(29-22)13-23-12-16/h2-10,12-13,25H,11,22H2,1H3. The second kappa shape index (κ2) is 8.49. The zero-order valence-corrected chi connectivity index (χ0v) is 17.7. The van der Waals surface area contributed by atoms with Crippen molar-refractivity contribution < 1.29 is 8.42 Å². The molecule has 0 amide bonds. The number of pyridine rings is 3. The summed E-state index contributed by atoms with van der Waals surface area (Å²) in [5.74, 6) is 0. The number of nitrogens with one attached hydrogen (secondary N) is 1. The van der Waals surface area contributed by atoms with Crippen molar-refractivity contribution in [2.45, 2.75) is 11.4 Å². The van der Waals surface area contributed by atoms with Crippen molar-refractivity contribution in [3.8, 4) is 22.4 Å². The molecule has 3 heterocycles. The smallest absolute Gasteiger partial charge is 0.209 e. The number of fused-ring (bicyclic) bond motifs is 1. The Bertz CT molecular complexity index is 1330. The van der Waals surface area contributed by atoms with E-state index in [2.05, 4.69) is 14.7 Å². The van der Waals surface area contributed by atoms with Gasteiger partial charge in [-0.05, 0) is 53.4 Å². The van der Waals surface area contributed by atoms with Gasteiger partial charge in [0, 0.05) is 41.2 Å². The van der Waals surface area contributed by atoms with E-state index < -0.39 is 10.0 Å². The summed E-state index contributed by atoms with van der Waals surface area (Å²) in [6, 6.07) is 15.4. The summed E-state index contributed by atoms with van der Waals surface area (Å²) in [5.41, 5.74) is 5.88. The van der Waals surface area contributed by atoms with Crippen LogP contribution in [-0.2, 0) is 16.6 Å². The molecule has 9 heteroatoms. The number of benzene rings is 1. The lowest BCUT2D eigenvalue weighted by Crippen LogP contribution is -2.21. The summed E-state index contributed by atoms with van der Waals surface area (Å²) in [4.78, 5) is 14.4. The molecule has 0 radical (unpaired) electrons. The van der Waals surface area contributed by atoms with Crippen molar-refractivity contribution in [1.82, 2.24) is 19.7 Å². The summed E-state index contributed by atoms with van der Waals surface area (Å²) >= 11 is 1.14. The lowest BCUT2D eigenvalue weighted by molar-refractivity contribution is 0.587. The van der Waals surface area contributed by atoms with E-state index in [0.717, 1.165) is 62.1 Å². The van der Waals surface area contributed by atoms with Crippen LogP contribution in [0.5, 0.6) is 0 Å². The molecule has 0 atom stereocenters. The fraction of sp³-hybridized carbons (Fsp3) is 0.0952. The molecule has 0 aliphatic rings. The molecule has 1 aromatic carbocycles. The highest BCUT2D eigenvalue weighted by Gasteiger charge is 2.10. The molecule has 0 fully saturated rings. The molecular weight excluding hydrogens is 418 g/mol. The van der Waals surface area contributed by atoms with Gasteiger partial charge in [0.15, 0.2) is 0 Å². The fourth-order valence-corrected chi connectivity index (χ4v) is 3.85. The van der Waals surface area contributed by atoms with Crippen LogP contribution >= 0.6 is 11.9 Å². The van der Waals surface area contributed by atoms with Gasteiger partial charge in [-0.3, -0.25) is 15.1 Å². The molecule has 7 nitrogen and oxygen atoms in total. The number of hydrogen-bond donors (Lipinski definition) is 2. The van der Waals surface area contributed by atoms with Crippen molar-refractivity contribution in [2.75, 3.05) is 6.26 Å². The van der Waals surface area contributed by atoms with Crippen molar-refractivity contribution in [3.63, 3.8) is 0 Å². The van der Waals surface area contributed by atoms with E-state index in [1.807, 2.05) is 48.5 Å². The van der Waals surface area contributed by atoms with E-state index in [4.69, 9.17) is 10.1 Å². The molecule has 0 spiro atoms.